The Hall–Kier alpha value is -3.35. The van der Waals surface area contributed by atoms with Crippen molar-refractivity contribution in [1.82, 2.24) is 9.55 Å². The molecule has 2 aromatic heterocycles. The molecule has 2 atom stereocenters. The maximum Gasteiger partial charge on any atom is 0.343 e. The van der Waals surface area contributed by atoms with Gasteiger partial charge in [0.25, 0.3) is 0 Å². The number of rotatable bonds is 7. The van der Waals surface area contributed by atoms with Crippen molar-refractivity contribution < 1.29 is 14.3 Å². The molecule has 5 rings (SSSR count). The molecule has 1 N–H and O–H groups in total. The number of pyridine rings is 2. The Morgan fingerprint density at radius 2 is 1.97 bits per heavy atom. The predicted molar refractivity (Wildman–Crippen MR) is 149 cm³/mol. The lowest BCUT2D eigenvalue weighted by atomic mass is 9.72. The number of esters is 1. The molecule has 1 fully saturated rings. The summed E-state index contributed by atoms with van der Waals surface area (Å²) >= 11 is 0. The van der Waals surface area contributed by atoms with Crippen molar-refractivity contribution >= 4 is 17.4 Å². The minimum atomic E-state index is -0.567. The number of nitrogens with one attached hydrogen (secondary N) is 1. The van der Waals surface area contributed by atoms with Crippen LogP contribution < -0.4 is 10.7 Å². The Morgan fingerprint density at radius 3 is 2.61 bits per heavy atom. The first-order valence-electron chi connectivity index (χ1n) is 13.7. The zero-order chi connectivity index (χ0) is 27.2. The third-order valence-electron chi connectivity index (χ3n) is 8.09. The molecule has 1 aliphatic heterocycles. The topological polar surface area (TPSA) is 82.5 Å². The first-order chi connectivity index (χ1) is 18.1. The van der Waals surface area contributed by atoms with Gasteiger partial charge in [-0.2, -0.15) is 0 Å². The normalized spacial score (nSPS) is 20.8. The van der Waals surface area contributed by atoms with Crippen LogP contribution >= 0.6 is 0 Å². The van der Waals surface area contributed by atoms with Crippen LogP contribution in [0.2, 0.25) is 0 Å². The summed E-state index contributed by atoms with van der Waals surface area (Å²) in [6.07, 6.45) is 9.97. The molecular formula is C31H39N3O4. The number of nitrogens with zero attached hydrogens (tertiary/aromatic N) is 2. The van der Waals surface area contributed by atoms with E-state index in [1.54, 1.807) is 26.3 Å². The third kappa shape index (κ3) is 5.03. The van der Waals surface area contributed by atoms with Crippen molar-refractivity contribution in [3.63, 3.8) is 0 Å². The van der Waals surface area contributed by atoms with Gasteiger partial charge < -0.3 is 19.4 Å². The number of anilines is 1. The first kappa shape index (κ1) is 26.3. The Kier molecular flexibility index (Phi) is 6.97. The van der Waals surface area contributed by atoms with Crippen LogP contribution in [-0.4, -0.2) is 35.8 Å². The second-order valence-corrected chi connectivity index (χ2v) is 11.9. The monoisotopic (exact) mass is 517 g/mol. The van der Waals surface area contributed by atoms with Crippen LogP contribution in [0.3, 0.4) is 0 Å². The molecule has 0 saturated heterocycles. The van der Waals surface area contributed by atoms with Crippen LogP contribution in [0.1, 0.15) is 92.5 Å². The summed E-state index contributed by atoms with van der Waals surface area (Å²) in [5, 5.41) is 3.50. The van der Waals surface area contributed by atoms with Gasteiger partial charge in [-0.05, 0) is 56.1 Å². The Morgan fingerprint density at radius 1 is 1.21 bits per heavy atom. The molecule has 7 heteroatoms. The maximum absolute atomic E-state index is 13.1. The van der Waals surface area contributed by atoms with Crippen molar-refractivity contribution in [2.75, 3.05) is 25.6 Å². The quantitative estimate of drug-likeness (QED) is 0.453. The number of carbonyl (C=O) groups excluding carboxylic acids is 1. The van der Waals surface area contributed by atoms with Crippen molar-refractivity contribution in [2.45, 2.75) is 72.3 Å². The molecule has 2 unspecified atom stereocenters. The number of hydrogen-bond donors (Lipinski definition) is 1. The Bertz CT molecular complexity index is 1370. The average Bonchev–Trinajstić information content (AvgIpc) is 3.70. The zero-order valence-electron chi connectivity index (χ0n) is 23.4. The number of aromatic nitrogens is 2. The number of ether oxygens (including phenoxy) is 2. The van der Waals surface area contributed by atoms with Gasteiger partial charge in [0.1, 0.15) is 17.1 Å². The molecule has 0 amide bonds. The van der Waals surface area contributed by atoms with Crippen molar-refractivity contribution in [1.29, 1.82) is 0 Å². The second kappa shape index (κ2) is 10.1. The summed E-state index contributed by atoms with van der Waals surface area (Å²) in [6.45, 7) is 11.7. The SMILES string of the molecule is CCOC(=O)c1cn2c(cc1=O)C1CC(OC)=C(c3cnc(NCC4CC4)c(C)c3)C=C1CC2C(C)(C)C. The molecule has 202 valence electrons. The van der Waals surface area contributed by atoms with Gasteiger partial charge in [0.05, 0.1) is 13.7 Å². The second-order valence-electron chi connectivity index (χ2n) is 11.9. The molecule has 2 aromatic rings. The highest BCUT2D eigenvalue weighted by Crippen LogP contribution is 2.50. The van der Waals surface area contributed by atoms with E-state index in [-0.39, 0.29) is 35.0 Å². The molecule has 0 aromatic carbocycles. The molecule has 7 nitrogen and oxygen atoms in total. The number of methoxy groups -OCH3 is 1. The maximum atomic E-state index is 13.1. The molecule has 3 heterocycles. The van der Waals surface area contributed by atoms with Gasteiger partial charge in [-0.15, -0.1) is 0 Å². The highest BCUT2D eigenvalue weighted by molar-refractivity contribution is 5.89. The summed E-state index contributed by atoms with van der Waals surface area (Å²) in [6, 6.07) is 3.89. The van der Waals surface area contributed by atoms with Crippen LogP contribution in [0.25, 0.3) is 5.57 Å². The highest BCUT2D eigenvalue weighted by Gasteiger charge is 2.39. The predicted octanol–water partition coefficient (Wildman–Crippen LogP) is 6.01. The molecule has 1 saturated carbocycles. The van der Waals surface area contributed by atoms with E-state index in [0.29, 0.717) is 6.42 Å². The number of fused-ring (bicyclic) bond motifs is 3. The van der Waals surface area contributed by atoms with E-state index in [0.717, 1.165) is 52.9 Å². The van der Waals surface area contributed by atoms with E-state index < -0.39 is 5.97 Å². The standard InChI is InChI=1S/C31H39N3O4/c1-7-38-30(36)24-17-34-25(14-26(24)35)22-13-27(37-6)23(11-20(22)12-28(34)31(3,4)5)21-10-18(2)29(33-16-21)32-15-19-8-9-19/h10-11,14,16-17,19,22,28H,7-9,12-13,15H2,1-6H3,(H,32,33). The molecular weight excluding hydrogens is 478 g/mol. The van der Waals surface area contributed by atoms with Gasteiger partial charge in [0, 0.05) is 60.2 Å². The fraction of sp³-hybridized carbons (Fsp3) is 0.516. The van der Waals surface area contributed by atoms with E-state index >= 15 is 0 Å². The number of aryl methyl sites for hydroxylation is 1. The highest BCUT2D eigenvalue weighted by atomic mass is 16.5. The number of carbonyl (C=O) groups is 1. The third-order valence-corrected chi connectivity index (χ3v) is 8.09. The van der Waals surface area contributed by atoms with Gasteiger partial charge >= 0.3 is 5.97 Å². The average molecular weight is 518 g/mol. The van der Waals surface area contributed by atoms with Crippen LogP contribution in [-0.2, 0) is 9.47 Å². The molecule has 38 heavy (non-hydrogen) atoms. The molecule has 0 spiro atoms. The smallest absolute Gasteiger partial charge is 0.343 e. The minimum absolute atomic E-state index is 0.00443. The van der Waals surface area contributed by atoms with E-state index in [1.165, 1.54) is 18.4 Å². The lowest BCUT2D eigenvalue weighted by molar-refractivity contribution is 0.0522. The van der Waals surface area contributed by atoms with Gasteiger partial charge in [0.2, 0.25) is 0 Å². The van der Waals surface area contributed by atoms with E-state index in [1.807, 2.05) is 6.20 Å². The summed E-state index contributed by atoms with van der Waals surface area (Å²) in [5.41, 5.74) is 5.09. The van der Waals surface area contributed by atoms with Gasteiger partial charge in [-0.3, -0.25) is 4.79 Å². The summed E-state index contributed by atoms with van der Waals surface area (Å²) in [7, 11) is 1.71. The molecule has 0 bridgehead atoms. The molecule has 0 radical (unpaired) electrons. The molecule has 2 aliphatic carbocycles. The number of allylic oxidation sites excluding steroid dienone is 4. The van der Waals surface area contributed by atoms with Crippen LogP contribution in [0.4, 0.5) is 5.82 Å². The van der Waals surface area contributed by atoms with E-state index in [2.05, 4.69) is 49.7 Å². The van der Waals surface area contributed by atoms with Crippen LogP contribution in [0.15, 0.2) is 46.7 Å². The zero-order valence-corrected chi connectivity index (χ0v) is 23.4. The van der Waals surface area contributed by atoms with Crippen LogP contribution in [0, 0.1) is 18.3 Å². The largest absolute Gasteiger partial charge is 0.500 e. The van der Waals surface area contributed by atoms with E-state index in [4.69, 9.17) is 14.5 Å². The summed E-state index contributed by atoms with van der Waals surface area (Å²) < 4.78 is 13.2. The summed E-state index contributed by atoms with van der Waals surface area (Å²) in [4.78, 5) is 30.3. The number of hydrogen-bond acceptors (Lipinski definition) is 6. The lowest BCUT2D eigenvalue weighted by Crippen LogP contribution is -2.36. The fourth-order valence-electron chi connectivity index (χ4n) is 5.72. The lowest BCUT2D eigenvalue weighted by Gasteiger charge is -2.43. The molecule has 3 aliphatic rings. The Balaban J connectivity index is 1.54. The van der Waals surface area contributed by atoms with Crippen LogP contribution in [0.5, 0.6) is 0 Å². The van der Waals surface area contributed by atoms with Crippen molar-refractivity contribution in [3.05, 3.63) is 74.5 Å². The van der Waals surface area contributed by atoms with Crippen molar-refractivity contribution in [2.24, 2.45) is 11.3 Å². The van der Waals surface area contributed by atoms with Crippen molar-refractivity contribution in [3.8, 4) is 0 Å². The van der Waals surface area contributed by atoms with Gasteiger partial charge in [-0.25, -0.2) is 9.78 Å². The fourth-order valence-corrected chi connectivity index (χ4v) is 5.72. The Labute approximate surface area is 225 Å². The van der Waals surface area contributed by atoms with Gasteiger partial charge in [-0.1, -0.05) is 32.4 Å². The summed E-state index contributed by atoms with van der Waals surface area (Å²) in [5.74, 6) is 2.04. The minimum Gasteiger partial charge on any atom is -0.500 e. The van der Waals surface area contributed by atoms with E-state index in [9.17, 15) is 9.59 Å². The van der Waals surface area contributed by atoms with Gasteiger partial charge in [0.15, 0.2) is 5.43 Å². The first-order valence-corrected chi connectivity index (χ1v) is 13.7.